The first-order valence-electron chi connectivity index (χ1n) is 8.34. The number of primary amides is 1. The minimum Gasteiger partial charge on any atom is -0.484 e. The van der Waals surface area contributed by atoms with Crippen molar-refractivity contribution < 1.29 is 14.3 Å². The van der Waals surface area contributed by atoms with Crippen LogP contribution in [0.5, 0.6) is 5.75 Å². The van der Waals surface area contributed by atoms with Gasteiger partial charge < -0.3 is 15.4 Å². The highest BCUT2D eigenvalue weighted by Gasteiger charge is 2.26. The van der Waals surface area contributed by atoms with Crippen LogP contribution >= 0.6 is 0 Å². The van der Waals surface area contributed by atoms with E-state index in [1.807, 2.05) is 28.9 Å². The van der Waals surface area contributed by atoms with Gasteiger partial charge in [0.05, 0.1) is 12.2 Å². The number of nitrogens with zero attached hydrogens (tertiary/aromatic N) is 3. The Balaban J connectivity index is 1.69. The lowest BCUT2D eigenvalue weighted by Crippen LogP contribution is -2.40. The van der Waals surface area contributed by atoms with Crippen LogP contribution in [0.15, 0.2) is 36.7 Å². The predicted octanol–water partition coefficient (Wildman–Crippen LogP) is 1.53. The second-order valence-corrected chi connectivity index (χ2v) is 6.33. The van der Waals surface area contributed by atoms with Crippen molar-refractivity contribution in [3.05, 3.63) is 47.8 Å². The van der Waals surface area contributed by atoms with Crippen molar-refractivity contribution in [1.29, 1.82) is 0 Å². The number of likely N-dealkylation sites (tertiary alicyclic amines) is 1. The summed E-state index contributed by atoms with van der Waals surface area (Å²) in [5.74, 6) is -0.135. The first-order valence-corrected chi connectivity index (χ1v) is 8.34. The van der Waals surface area contributed by atoms with Crippen LogP contribution in [0, 0.1) is 6.92 Å². The molecule has 1 aliphatic rings. The zero-order valence-corrected chi connectivity index (χ0v) is 14.2. The highest BCUT2D eigenvalue weighted by molar-refractivity contribution is 5.94. The minimum atomic E-state index is -0.551. The summed E-state index contributed by atoms with van der Waals surface area (Å²) in [6, 6.07) is 7.03. The molecule has 1 fully saturated rings. The van der Waals surface area contributed by atoms with Crippen molar-refractivity contribution in [3.8, 4) is 5.75 Å². The number of amides is 2. The highest BCUT2D eigenvalue weighted by atomic mass is 16.5. The molecule has 0 saturated carbocycles. The van der Waals surface area contributed by atoms with Crippen molar-refractivity contribution in [2.75, 3.05) is 19.7 Å². The number of nitrogens with two attached hydrogens (primary N) is 1. The van der Waals surface area contributed by atoms with Crippen LogP contribution in [-0.2, 0) is 4.79 Å². The van der Waals surface area contributed by atoms with Gasteiger partial charge in [-0.1, -0.05) is 6.07 Å². The average Bonchev–Trinajstić information content (AvgIpc) is 3.06. The maximum atomic E-state index is 12.8. The smallest absolute Gasteiger partial charge is 0.255 e. The lowest BCUT2D eigenvalue weighted by Gasteiger charge is -2.33. The first kappa shape index (κ1) is 17.0. The van der Waals surface area contributed by atoms with E-state index in [2.05, 4.69) is 5.10 Å². The maximum Gasteiger partial charge on any atom is 0.255 e. The molecule has 2 N–H and O–H groups in total. The van der Waals surface area contributed by atoms with Crippen LogP contribution in [0.4, 0.5) is 0 Å². The zero-order chi connectivity index (χ0) is 17.8. The van der Waals surface area contributed by atoms with Crippen LogP contribution in [0.2, 0.25) is 0 Å². The van der Waals surface area contributed by atoms with E-state index in [-0.39, 0.29) is 18.6 Å². The van der Waals surface area contributed by atoms with E-state index in [0.717, 1.165) is 24.9 Å². The highest BCUT2D eigenvalue weighted by Crippen LogP contribution is 2.23. The summed E-state index contributed by atoms with van der Waals surface area (Å²) in [5.41, 5.74) is 6.73. The molecule has 2 aromatic rings. The van der Waals surface area contributed by atoms with Crippen LogP contribution in [0.25, 0.3) is 0 Å². The standard InChI is InChI=1S/C18H22N4O3/c1-13-9-20-22(10-13)15-5-3-7-21(11-15)18(24)14-4-2-6-16(8-14)25-12-17(19)23/h2,4,6,8-10,15H,3,5,7,11-12H2,1H3,(H2,19,23). The largest absolute Gasteiger partial charge is 0.484 e. The predicted molar refractivity (Wildman–Crippen MR) is 92.3 cm³/mol. The van der Waals surface area contributed by atoms with Gasteiger partial charge in [0.25, 0.3) is 11.8 Å². The Morgan fingerprint density at radius 1 is 1.40 bits per heavy atom. The summed E-state index contributed by atoms with van der Waals surface area (Å²) in [5, 5.41) is 4.38. The summed E-state index contributed by atoms with van der Waals surface area (Å²) < 4.78 is 7.22. The molecule has 1 saturated heterocycles. The SMILES string of the molecule is Cc1cnn(C2CCCN(C(=O)c3cccc(OCC(N)=O)c3)C2)c1. The number of carbonyl (C=O) groups is 2. The van der Waals surface area contributed by atoms with Crippen LogP contribution in [0.3, 0.4) is 0 Å². The number of piperidine rings is 1. The molecular formula is C18H22N4O3. The van der Waals surface area contributed by atoms with Crippen molar-refractivity contribution in [1.82, 2.24) is 14.7 Å². The number of rotatable bonds is 5. The molecule has 0 bridgehead atoms. The minimum absolute atomic E-state index is 0.0434. The molecule has 7 nitrogen and oxygen atoms in total. The summed E-state index contributed by atoms with van der Waals surface area (Å²) >= 11 is 0. The Morgan fingerprint density at radius 3 is 2.96 bits per heavy atom. The molecule has 1 aliphatic heterocycles. The second kappa shape index (κ2) is 7.38. The van der Waals surface area contributed by atoms with Gasteiger partial charge >= 0.3 is 0 Å². The summed E-state index contributed by atoms with van der Waals surface area (Å²) in [6.45, 7) is 3.16. The van der Waals surface area contributed by atoms with Gasteiger partial charge in [-0.2, -0.15) is 5.10 Å². The quantitative estimate of drug-likeness (QED) is 0.892. The molecule has 7 heteroatoms. The molecule has 0 aliphatic carbocycles. The third kappa shape index (κ3) is 4.17. The molecule has 0 radical (unpaired) electrons. The lowest BCUT2D eigenvalue weighted by molar-refractivity contribution is -0.119. The van der Waals surface area contributed by atoms with Gasteiger partial charge in [0, 0.05) is 24.8 Å². The van der Waals surface area contributed by atoms with E-state index >= 15 is 0 Å². The molecule has 2 heterocycles. The maximum absolute atomic E-state index is 12.8. The summed E-state index contributed by atoms with van der Waals surface area (Å²) in [7, 11) is 0. The summed E-state index contributed by atoms with van der Waals surface area (Å²) in [6.07, 6.45) is 5.79. The zero-order valence-electron chi connectivity index (χ0n) is 14.2. The molecule has 1 unspecified atom stereocenters. The van der Waals surface area contributed by atoms with Crippen molar-refractivity contribution in [3.63, 3.8) is 0 Å². The molecule has 0 spiro atoms. The third-order valence-corrected chi connectivity index (χ3v) is 4.25. The number of aryl methyl sites for hydroxylation is 1. The monoisotopic (exact) mass is 342 g/mol. The van der Waals surface area contributed by atoms with Gasteiger partial charge in [-0.15, -0.1) is 0 Å². The lowest BCUT2D eigenvalue weighted by atomic mass is 10.0. The molecule has 25 heavy (non-hydrogen) atoms. The van der Waals surface area contributed by atoms with E-state index in [1.165, 1.54) is 0 Å². The van der Waals surface area contributed by atoms with E-state index in [1.54, 1.807) is 24.3 Å². The molecule has 1 atom stereocenters. The number of benzene rings is 1. The Labute approximate surface area is 146 Å². The van der Waals surface area contributed by atoms with E-state index in [0.29, 0.717) is 17.9 Å². The second-order valence-electron chi connectivity index (χ2n) is 6.33. The van der Waals surface area contributed by atoms with Crippen molar-refractivity contribution >= 4 is 11.8 Å². The fraction of sp³-hybridized carbons (Fsp3) is 0.389. The summed E-state index contributed by atoms with van der Waals surface area (Å²) in [4.78, 5) is 25.5. The fourth-order valence-electron chi connectivity index (χ4n) is 3.04. The van der Waals surface area contributed by atoms with Gasteiger partial charge in [-0.05, 0) is 43.5 Å². The van der Waals surface area contributed by atoms with Crippen LogP contribution in [0.1, 0.15) is 34.8 Å². The third-order valence-electron chi connectivity index (χ3n) is 4.25. The average molecular weight is 342 g/mol. The fourth-order valence-corrected chi connectivity index (χ4v) is 3.04. The molecule has 2 amide bonds. The normalized spacial score (nSPS) is 17.3. The topological polar surface area (TPSA) is 90.4 Å². The molecule has 1 aromatic carbocycles. The van der Waals surface area contributed by atoms with Crippen LogP contribution < -0.4 is 10.5 Å². The number of ether oxygens (including phenoxy) is 1. The molecule has 132 valence electrons. The number of hydrogen-bond acceptors (Lipinski definition) is 4. The van der Waals surface area contributed by atoms with Gasteiger partial charge in [0.2, 0.25) is 0 Å². The van der Waals surface area contributed by atoms with Gasteiger partial charge in [0.15, 0.2) is 6.61 Å². The van der Waals surface area contributed by atoms with E-state index < -0.39 is 5.91 Å². The van der Waals surface area contributed by atoms with Crippen molar-refractivity contribution in [2.24, 2.45) is 5.73 Å². The van der Waals surface area contributed by atoms with E-state index in [9.17, 15) is 9.59 Å². The number of hydrogen-bond donors (Lipinski definition) is 1. The first-order chi connectivity index (χ1) is 12.0. The van der Waals surface area contributed by atoms with Gasteiger partial charge in [0.1, 0.15) is 5.75 Å². The number of carbonyl (C=O) groups excluding carboxylic acids is 2. The molecular weight excluding hydrogens is 320 g/mol. The Bertz CT molecular complexity index is 771. The van der Waals surface area contributed by atoms with Gasteiger partial charge in [-0.3, -0.25) is 14.3 Å². The Hall–Kier alpha value is -2.83. The Morgan fingerprint density at radius 2 is 2.24 bits per heavy atom. The number of aromatic nitrogens is 2. The van der Waals surface area contributed by atoms with Crippen molar-refractivity contribution in [2.45, 2.75) is 25.8 Å². The molecule has 1 aromatic heterocycles. The van der Waals surface area contributed by atoms with E-state index in [4.69, 9.17) is 10.5 Å². The van der Waals surface area contributed by atoms with Gasteiger partial charge in [-0.25, -0.2) is 0 Å². The molecule has 3 rings (SSSR count). The Kier molecular flexibility index (Phi) is 5.02. The van der Waals surface area contributed by atoms with Crippen LogP contribution in [-0.4, -0.2) is 46.2 Å².